The van der Waals surface area contributed by atoms with E-state index in [0.29, 0.717) is 35.5 Å². The van der Waals surface area contributed by atoms with Gasteiger partial charge in [-0.05, 0) is 91.1 Å². The maximum absolute atomic E-state index is 4.93. The molecule has 2 unspecified atom stereocenters. The van der Waals surface area contributed by atoms with E-state index in [2.05, 4.69) is 242 Å². The van der Waals surface area contributed by atoms with E-state index in [1.807, 2.05) is 0 Å². The normalized spacial score (nSPS) is 12.1. The molecule has 8 rings (SSSR count). The van der Waals surface area contributed by atoms with Crippen molar-refractivity contribution >= 4 is 48.1 Å². The molecule has 0 aromatic heterocycles. The molecular weight excluding hydrogens is 959 g/mol. The summed E-state index contributed by atoms with van der Waals surface area (Å²) in [6.45, 7) is 31.9. The Bertz CT molecular complexity index is 2540. The number of fused-ring (bicyclic) bond motifs is 2. The van der Waals surface area contributed by atoms with Crippen molar-refractivity contribution in [3.63, 3.8) is 0 Å². The molecule has 0 aliphatic rings. The van der Waals surface area contributed by atoms with Gasteiger partial charge in [-0.15, -0.1) is 56.9 Å². The van der Waals surface area contributed by atoms with E-state index in [1.54, 1.807) is 0 Å². The van der Waals surface area contributed by atoms with Gasteiger partial charge in [-0.25, -0.2) is 0 Å². The van der Waals surface area contributed by atoms with Gasteiger partial charge in [-0.2, -0.15) is 12.1 Å². The Morgan fingerprint density at radius 3 is 0.985 bits per heavy atom. The van der Waals surface area contributed by atoms with Crippen LogP contribution in [-0.2, 0) is 20.8 Å². The Hall–Kier alpha value is -3.78. The molecule has 0 spiro atoms. The standard InChI is InChI=1S/2C31H35.C2H6Si.2ClH.Zr/c2*1-7-22(6)27-15-24-13-14-29(23-11-9-8-10-12-23)31(30(24)19-27)28-17-25(20(2)3)16-26(18-28)21(4)5;1-3-2;;;/h2*8-22H,7H2,1-6H3;1-2H3;2*1H;/q2*-1;;;;+4/p-2. The van der Waals surface area contributed by atoms with Gasteiger partial charge < -0.3 is 0 Å². The first-order chi connectivity index (χ1) is 32.6. The van der Waals surface area contributed by atoms with Gasteiger partial charge in [0.05, 0.1) is 0 Å². The second kappa shape index (κ2) is 26.4. The number of benzene rings is 6. The van der Waals surface area contributed by atoms with Gasteiger partial charge in [-0.3, -0.25) is 0 Å². The molecule has 0 aliphatic heterocycles. The molecule has 0 bridgehead atoms. The first kappa shape index (κ1) is 55.2. The SMILES string of the molecule is CCC(C)c1cc2c(-c3cc(C(C)C)cc(C(C)C)c3)c(-c3ccccc3)ccc2[cH-]1.CCC(C)c1cc2c(-c3cc(C(C)C)cc(C(C)C)c3)c(-c3ccccc3)ccc2[cH-]1.C[Si]C.[Cl][Zr+2][Cl]. The van der Waals surface area contributed by atoms with Crippen molar-refractivity contribution in [1.82, 2.24) is 0 Å². The second-order valence-corrected chi connectivity index (χ2v) is 24.6. The third kappa shape index (κ3) is 13.8. The molecule has 0 saturated heterocycles. The first-order valence-corrected chi connectivity index (χ1v) is 33.4. The number of hydrogen-bond acceptors (Lipinski definition) is 0. The van der Waals surface area contributed by atoms with E-state index in [4.69, 9.17) is 17.0 Å². The van der Waals surface area contributed by atoms with Gasteiger partial charge in [0.15, 0.2) is 0 Å². The van der Waals surface area contributed by atoms with Crippen molar-refractivity contribution in [2.45, 2.75) is 145 Å². The van der Waals surface area contributed by atoms with Crippen molar-refractivity contribution < 1.29 is 20.8 Å². The van der Waals surface area contributed by atoms with Gasteiger partial charge in [-0.1, -0.05) is 229 Å². The summed E-state index contributed by atoms with van der Waals surface area (Å²) in [5, 5.41) is 5.47. The first-order valence-electron chi connectivity index (χ1n) is 25.0. The van der Waals surface area contributed by atoms with Gasteiger partial charge in [0.1, 0.15) is 0 Å². The summed E-state index contributed by atoms with van der Waals surface area (Å²) in [7, 11) is 11.0. The van der Waals surface area contributed by atoms with Crippen LogP contribution in [0, 0.1) is 0 Å². The Kier molecular flexibility index (Phi) is 21.4. The van der Waals surface area contributed by atoms with E-state index in [9.17, 15) is 0 Å². The fourth-order valence-corrected chi connectivity index (χ4v) is 8.96. The Morgan fingerprint density at radius 1 is 0.426 bits per heavy atom. The third-order valence-electron chi connectivity index (χ3n) is 13.6. The summed E-state index contributed by atoms with van der Waals surface area (Å²) in [5.74, 6) is 3.18. The fraction of sp³-hybridized carbons (Fsp3) is 0.344. The van der Waals surface area contributed by atoms with E-state index in [0.717, 1.165) is 22.4 Å². The summed E-state index contributed by atoms with van der Waals surface area (Å²) >= 11 is -0.826. The zero-order valence-electron chi connectivity index (χ0n) is 43.5. The van der Waals surface area contributed by atoms with Crippen LogP contribution in [0.1, 0.15) is 165 Å². The van der Waals surface area contributed by atoms with Crippen LogP contribution in [0.5, 0.6) is 0 Å². The summed E-state index contributed by atoms with van der Waals surface area (Å²) < 4.78 is 0. The molecule has 0 aliphatic carbocycles. The van der Waals surface area contributed by atoms with Crippen LogP contribution in [0.15, 0.2) is 146 Å². The molecule has 0 amide bonds. The topological polar surface area (TPSA) is 0 Å². The quantitative estimate of drug-likeness (QED) is 0.0845. The van der Waals surface area contributed by atoms with Crippen LogP contribution < -0.4 is 0 Å². The van der Waals surface area contributed by atoms with Crippen molar-refractivity contribution in [3.8, 4) is 44.5 Å². The van der Waals surface area contributed by atoms with Gasteiger partial charge >= 0.3 is 37.9 Å². The summed E-state index contributed by atoms with van der Waals surface area (Å²) in [5.41, 5.74) is 19.3. The van der Waals surface area contributed by atoms with Crippen molar-refractivity contribution in [2.75, 3.05) is 0 Å². The van der Waals surface area contributed by atoms with E-state index in [-0.39, 0.29) is 0 Å². The minimum atomic E-state index is -0.826. The van der Waals surface area contributed by atoms with Gasteiger partial charge in [0.25, 0.3) is 0 Å². The fourth-order valence-electron chi connectivity index (χ4n) is 8.96. The minimum absolute atomic E-state index is 0.507. The van der Waals surface area contributed by atoms with E-state index >= 15 is 0 Å². The number of rotatable bonds is 12. The van der Waals surface area contributed by atoms with Crippen molar-refractivity contribution in [3.05, 3.63) is 179 Å². The molecule has 354 valence electrons. The predicted octanol–water partition coefficient (Wildman–Crippen LogP) is 21.5. The van der Waals surface area contributed by atoms with Crippen LogP contribution >= 0.6 is 17.0 Å². The molecule has 2 radical (unpaired) electrons. The molecule has 68 heavy (non-hydrogen) atoms. The number of halogens is 2. The van der Waals surface area contributed by atoms with Crippen LogP contribution in [-0.4, -0.2) is 9.52 Å². The molecule has 0 heterocycles. The average molecular weight is 1040 g/mol. The summed E-state index contributed by atoms with van der Waals surface area (Å²) in [6, 6.07) is 55.2. The monoisotopic (exact) mass is 1030 g/mol. The van der Waals surface area contributed by atoms with Gasteiger partial charge in [0, 0.05) is 9.52 Å². The van der Waals surface area contributed by atoms with Crippen molar-refractivity contribution in [1.29, 1.82) is 0 Å². The predicted molar refractivity (Wildman–Crippen MR) is 304 cm³/mol. The average Bonchev–Trinajstić information content (AvgIpc) is 3.99. The number of hydrogen-bond donors (Lipinski definition) is 0. The van der Waals surface area contributed by atoms with Crippen LogP contribution in [0.3, 0.4) is 0 Å². The molecule has 0 N–H and O–H groups in total. The molecule has 8 aromatic carbocycles. The zero-order chi connectivity index (χ0) is 49.7. The molecule has 8 aromatic rings. The van der Waals surface area contributed by atoms with E-state index in [1.165, 1.54) is 99.4 Å². The Labute approximate surface area is 433 Å². The summed E-state index contributed by atoms with van der Waals surface area (Å²) in [6.07, 6.45) is 2.33. The van der Waals surface area contributed by atoms with Crippen LogP contribution in [0.2, 0.25) is 13.1 Å². The van der Waals surface area contributed by atoms with Crippen LogP contribution in [0.25, 0.3) is 66.1 Å². The maximum atomic E-state index is 4.93. The molecule has 0 saturated carbocycles. The third-order valence-corrected chi connectivity index (χ3v) is 13.6. The Balaban J connectivity index is 0.000000228. The Morgan fingerprint density at radius 2 is 0.721 bits per heavy atom. The molecular formula is C64H76Cl2SiZr. The van der Waals surface area contributed by atoms with E-state index < -0.39 is 20.8 Å². The van der Waals surface area contributed by atoms with Crippen LogP contribution in [0.4, 0.5) is 0 Å². The van der Waals surface area contributed by atoms with Gasteiger partial charge in [0.2, 0.25) is 0 Å². The molecule has 0 nitrogen and oxygen atoms in total. The molecule has 2 atom stereocenters. The molecule has 0 fully saturated rings. The van der Waals surface area contributed by atoms with Crippen molar-refractivity contribution in [2.24, 2.45) is 0 Å². The molecule has 4 heteroatoms. The zero-order valence-corrected chi connectivity index (χ0v) is 48.5. The second-order valence-electron chi connectivity index (χ2n) is 19.9. The summed E-state index contributed by atoms with van der Waals surface area (Å²) in [4.78, 5) is 0.